The number of benzene rings is 1. The lowest BCUT2D eigenvalue weighted by Crippen LogP contribution is -2.62. The zero-order valence-corrected chi connectivity index (χ0v) is 30.7. The summed E-state index contributed by atoms with van der Waals surface area (Å²) in [7, 11) is 0. The Labute approximate surface area is 301 Å². The van der Waals surface area contributed by atoms with Crippen molar-refractivity contribution in [2.75, 3.05) is 6.54 Å². The van der Waals surface area contributed by atoms with Gasteiger partial charge in [-0.1, -0.05) is 81.5 Å². The highest BCUT2D eigenvalue weighted by Gasteiger charge is 2.38. The first-order valence-electron chi connectivity index (χ1n) is 18.0. The first-order chi connectivity index (χ1) is 24.2. The number of hydrogen-bond donors (Lipinski definition) is 5. The quantitative estimate of drug-likeness (QED) is 0.211. The van der Waals surface area contributed by atoms with Crippen LogP contribution in [0.15, 0.2) is 66.3 Å². The smallest absolute Gasteiger partial charge is 0.325 e. The van der Waals surface area contributed by atoms with Crippen molar-refractivity contribution in [1.82, 2.24) is 21.1 Å². The minimum Gasteiger partial charge on any atom is -0.456 e. The molecule has 0 aliphatic carbocycles. The molecule has 1 saturated heterocycles. The Kier molecular flexibility index (Phi) is 16.2. The summed E-state index contributed by atoms with van der Waals surface area (Å²) in [6.07, 6.45) is 6.92. The van der Waals surface area contributed by atoms with Crippen LogP contribution in [0, 0.1) is 17.8 Å². The summed E-state index contributed by atoms with van der Waals surface area (Å²) in [4.78, 5) is 67.3. The lowest BCUT2D eigenvalue weighted by molar-refractivity contribution is -0.156. The summed E-state index contributed by atoms with van der Waals surface area (Å²) in [5.74, 6) is -4.70. The Morgan fingerprint density at radius 2 is 1.75 bits per heavy atom. The largest absolute Gasteiger partial charge is 0.456 e. The first kappa shape index (κ1) is 41.3. The number of Topliss-reactive ketones (excluding diaryl/α,β-unsaturated/α-hetero) is 1. The highest BCUT2D eigenvalue weighted by atomic mass is 16.5. The predicted octanol–water partition coefficient (Wildman–Crippen LogP) is 3.09. The highest BCUT2D eigenvalue weighted by molar-refractivity contribution is 5.93. The topological polar surface area (TPSA) is 174 Å². The molecule has 2 heterocycles. The third-order valence-electron chi connectivity index (χ3n) is 9.64. The summed E-state index contributed by atoms with van der Waals surface area (Å²) >= 11 is 0. The molecule has 2 aliphatic rings. The molecule has 3 amide bonds. The predicted molar refractivity (Wildman–Crippen MR) is 194 cm³/mol. The Hall–Kier alpha value is -4.13. The number of cyclic esters (lactones) is 1. The second kappa shape index (κ2) is 20.0. The van der Waals surface area contributed by atoms with Crippen LogP contribution in [0.5, 0.6) is 0 Å². The number of allylic oxidation sites excluding steroid dienone is 3. The number of ether oxygens (including phenoxy) is 1. The Balaban J connectivity index is 2.04. The summed E-state index contributed by atoms with van der Waals surface area (Å²) in [5, 5.41) is 29.3. The third-order valence-corrected chi connectivity index (χ3v) is 9.64. The third kappa shape index (κ3) is 12.3. The molecule has 0 saturated carbocycles. The molecule has 1 unspecified atom stereocenters. The highest BCUT2D eigenvalue weighted by Crippen LogP contribution is 2.24. The molecule has 280 valence electrons. The Bertz CT molecular complexity index is 1440. The van der Waals surface area contributed by atoms with Crippen molar-refractivity contribution >= 4 is 29.5 Å². The number of rotatable bonds is 7. The molecule has 0 aromatic heterocycles. The molecule has 1 fully saturated rings. The van der Waals surface area contributed by atoms with Crippen molar-refractivity contribution in [1.29, 1.82) is 0 Å². The van der Waals surface area contributed by atoms with Crippen LogP contribution in [0.4, 0.5) is 0 Å². The van der Waals surface area contributed by atoms with Gasteiger partial charge < -0.3 is 30.4 Å². The van der Waals surface area contributed by atoms with Gasteiger partial charge >= 0.3 is 5.97 Å². The second-order valence-electron chi connectivity index (χ2n) is 14.0. The number of carbonyl (C=O) groups is 5. The average molecular weight is 709 g/mol. The van der Waals surface area contributed by atoms with Gasteiger partial charge in [0.25, 0.3) is 5.91 Å². The molecule has 0 radical (unpaired) electrons. The first-order valence-corrected chi connectivity index (χ1v) is 18.0. The zero-order chi connectivity index (χ0) is 37.7. The maximum atomic E-state index is 14.1. The number of aliphatic hydroxyl groups is 2. The lowest BCUT2D eigenvalue weighted by atomic mass is 9.84. The van der Waals surface area contributed by atoms with Gasteiger partial charge in [-0.15, -0.1) is 0 Å². The number of esters is 1. The van der Waals surface area contributed by atoms with Crippen LogP contribution in [0.1, 0.15) is 79.2 Å². The van der Waals surface area contributed by atoms with Gasteiger partial charge in [0.15, 0.2) is 0 Å². The van der Waals surface area contributed by atoms with Crippen LogP contribution in [0.25, 0.3) is 0 Å². The number of carbonyl (C=O) groups excluding carboxylic acids is 5. The summed E-state index contributed by atoms with van der Waals surface area (Å²) in [6, 6.07) is 6.26. The van der Waals surface area contributed by atoms with E-state index in [1.165, 1.54) is 18.0 Å². The SMILES string of the molecule is C/C=C(\C)[C@@H]1C/C=C/C=C/[C@H](O)[C@H](C)[C@@H](O)[C@@H](CCC(C)=O)C(=O)N[C@@H](C(C)C)C(=O)N[C@@H](Cc2ccccc2)C(=O)N2CCCC(N2)C(=O)O1. The Morgan fingerprint density at radius 3 is 2.39 bits per heavy atom. The van der Waals surface area contributed by atoms with Crippen LogP contribution in [0.2, 0.25) is 0 Å². The van der Waals surface area contributed by atoms with E-state index in [1.807, 2.05) is 50.3 Å². The molecule has 1 aromatic carbocycles. The van der Waals surface area contributed by atoms with E-state index in [0.29, 0.717) is 25.8 Å². The van der Waals surface area contributed by atoms with Gasteiger partial charge in [0.2, 0.25) is 11.8 Å². The number of amides is 3. The number of nitrogens with one attached hydrogen (secondary N) is 3. The maximum Gasteiger partial charge on any atom is 0.325 e. The van der Waals surface area contributed by atoms with E-state index in [1.54, 1.807) is 39.0 Å². The standard InChI is InChI=1S/C39H56N4O8/c1-7-25(4)33-19-13-9-12-18-32(45)27(6)35(46)29(21-20-26(5)44)36(47)41-34(24(2)3)37(48)40-31(23-28-15-10-8-11-16-28)38(49)43-22-14-17-30(42-43)39(50)51-33/h7-13,15-16,18,24,27,29-35,42,45-46H,14,17,19-23H2,1-6H3,(H,40,48)(H,41,47)/b13-9+,18-12+,25-7+/t27-,29+,30?,31-,32-,33-,34-,35+/m0/s1. The van der Waals surface area contributed by atoms with Crippen molar-refractivity contribution in [3.63, 3.8) is 0 Å². The van der Waals surface area contributed by atoms with E-state index >= 15 is 0 Å². The molecule has 12 nitrogen and oxygen atoms in total. The van der Waals surface area contributed by atoms with E-state index in [0.717, 1.165) is 11.1 Å². The summed E-state index contributed by atoms with van der Waals surface area (Å²) < 4.78 is 5.93. The zero-order valence-electron chi connectivity index (χ0n) is 30.7. The minimum atomic E-state index is -1.35. The van der Waals surface area contributed by atoms with Crippen LogP contribution in [0.3, 0.4) is 0 Å². The normalized spacial score (nSPS) is 30.7. The van der Waals surface area contributed by atoms with E-state index in [-0.39, 0.29) is 25.0 Å². The van der Waals surface area contributed by atoms with Crippen molar-refractivity contribution < 1.29 is 38.9 Å². The average Bonchev–Trinajstić information content (AvgIpc) is 3.11. The van der Waals surface area contributed by atoms with Crippen LogP contribution >= 0.6 is 0 Å². The molecule has 5 N–H and O–H groups in total. The number of ketones is 1. The van der Waals surface area contributed by atoms with Crippen molar-refractivity contribution in [3.8, 4) is 0 Å². The fourth-order valence-corrected chi connectivity index (χ4v) is 6.16. The van der Waals surface area contributed by atoms with E-state index < -0.39 is 77.9 Å². The number of hydrogen-bond acceptors (Lipinski definition) is 9. The van der Waals surface area contributed by atoms with Gasteiger partial charge in [-0.3, -0.25) is 24.2 Å². The number of fused-ring (bicyclic) bond motifs is 2. The summed E-state index contributed by atoms with van der Waals surface area (Å²) in [5.41, 5.74) is 4.67. The van der Waals surface area contributed by atoms with E-state index in [4.69, 9.17) is 4.74 Å². The molecule has 8 atom stereocenters. The monoisotopic (exact) mass is 708 g/mol. The molecule has 51 heavy (non-hydrogen) atoms. The van der Waals surface area contributed by atoms with Gasteiger partial charge in [0, 0.05) is 31.7 Å². The summed E-state index contributed by atoms with van der Waals surface area (Å²) in [6.45, 7) is 10.5. The molecule has 12 heteroatoms. The second-order valence-corrected chi connectivity index (χ2v) is 14.0. The maximum absolute atomic E-state index is 14.1. The van der Waals surface area contributed by atoms with E-state index in [2.05, 4.69) is 16.1 Å². The number of hydrazine groups is 1. The van der Waals surface area contributed by atoms with Crippen LogP contribution < -0.4 is 16.1 Å². The molecular formula is C39H56N4O8. The molecule has 1 aromatic rings. The number of nitrogens with zero attached hydrogens (tertiary/aromatic N) is 1. The van der Waals surface area contributed by atoms with Crippen LogP contribution in [-0.2, 0) is 35.1 Å². The van der Waals surface area contributed by atoms with E-state index in [9.17, 15) is 34.2 Å². The Morgan fingerprint density at radius 1 is 1.04 bits per heavy atom. The van der Waals surface area contributed by atoms with Gasteiger partial charge in [-0.05, 0) is 57.1 Å². The van der Waals surface area contributed by atoms with Crippen LogP contribution in [-0.4, -0.2) is 87.7 Å². The number of aliphatic hydroxyl groups excluding tert-OH is 2. The molecule has 2 bridgehead atoms. The van der Waals surface area contributed by atoms with Crippen molar-refractivity contribution in [3.05, 3.63) is 71.8 Å². The molecule has 3 rings (SSSR count). The van der Waals surface area contributed by atoms with Crippen molar-refractivity contribution in [2.45, 2.75) is 117 Å². The molecular weight excluding hydrogens is 652 g/mol. The van der Waals surface area contributed by atoms with Gasteiger partial charge in [0.05, 0.1) is 18.1 Å². The molecule has 0 spiro atoms. The van der Waals surface area contributed by atoms with Gasteiger partial charge in [-0.2, -0.15) is 0 Å². The van der Waals surface area contributed by atoms with Gasteiger partial charge in [-0.25, -0.2) is 5.43 Å². The fraction of sp³-hybridized carbons (Fsp3) is 0.564. The lowest BCUT2D eigenvalue weighted by Gasteiger charge is -2.36. The molecule has 2 aliphatic heterocycles. The van der Waals surface area contributed by atoms with Crippen molar-refractivity contribution in [2.24, 2.45) is 17.8 Å². The fourth-order valence-electron chi connectivity index (χ4n) is 6.16. The minimum absolute atomic E-state index is 0.0107. The van der Waals surface area contributed by atoms with Gasteiger partial charge in [0.1, 0.15) is 30.0 Å².